The molecule has 2 aromatic rings. The van der Waals surface area contributed by atoms with E-state index in [2.05, 4.69) is 28.9 Å². The lowest BCUT2D eigenvalue weighted by Gasteiger charge is -2.25. The molecule has 20 heavy (non-hydrogen) atoms. The van der Waals surface area contributed by atoms with Crippen LogP contribution < -0.4 is 0 Å². The fourth-order valence-electron chi connectivity index (χ4n) is 2.47. The quantitative estimate of drug-likeness (QED) is 0.861. The fourth-order valence-corrected chi connectivity index (χ4v) is 2.47. The van der Waals surface area contributed by atoms with Crippen molar-refractivity contribution in [3.8, 4) is 11.5 Å². The van der Waals surface area contributed by atoms with Gasteiger partial charge in [-0.15, -0.1) is 0 Å². The van der Waals surface area contributed by atoms with Crippen LogP contribution in [0.15, 0.2) is 28.7 Å². The van der Waals surface area contributed by atoms with E-state index >= 15 is 0 Å². The highest BCUT2D eigenvalue weighted by Crippen LogP contribution is 2.25. The van der Waals surface area contributed by atoms with Crippen molar-refractivity contribution in [2.45, 2.75) is 20.4 Å². The first-order valence-corrected chi connectivity index (χ1v) is 7.06. The summed E-state index contributed by atoms with van der Waals surface area (Å²) in [5, 5.41) is 0. The molecule has 1 aliphatic rings. The summed E-state index contributed by atoms with van der Waals surface area (Å²) < 4.78 is 11.2. The Morgan fingerprint density at radius 2 is 1.90 bits per heavy atom. The van der Waals surface area contributed by atoms with Crippen LogP contribution in [0, 0.1) is 13.8 Å². The molecule has 0 spiro atoms. The zero-order valence-corrected chi connectivity index (χ0v) is 12.1. The Kier molecular flexibility index (Phi) is 3.85. The summed E-state index contributed by atoms with van der Waals surface area (Å²) in [6.07, 6.45) is 0. The van der Waals surface area contributed by atoms with Gasteiger partial charge in [0.1, 0.15) is 5.76 Å². The van der Waals surface area contributed by atoms with Crippen molar-refractivity contribution in [2.75, 3.05) is 26.3 Å². The van der Waals surface area contributed by atoms with Gasteiger partial charge in [-0.2, -0.15) is 0 Å². The Hall–Kier alpha value is -1.65. The van der Waals surface area contributed by atoms with Gasteiger partial charge in [-0.25, -0.2) is 4.98 Å². The number of aromatic nitrogens is 1. The van der Waals surface area contributed by atoms with Crippen LogP contribution in [0.1, 0.15) is 17.0 Å². The Morgan fingerprint density at radius 1 is 1.15 bits per heavy atom. The van der Waals surface area contributed by atoms with Gasteiger partial charge in [0.05, 0.1) is 18.9 Å². The van der Waals surface area contributed by atoms with Gasteiger partial charge in [0, 0.05) is 25.2 Å². The molecule has 0 N–H and O–H groups in total. The number of benzene rings is 1. The van der Waals surface area contributed by atoms with Crippen molar-refractivity contribution < 1.29 is 9.15 Å². The topological polar surface area (TPSA) is 38.5 Å². The molecule has 0 saturated carbocycles. The Balaban J connectivity index is 1.82. The summed E-state index contributed by atoms with van der Waals surface area (Å²) >= 11 is 0. The highest BCUT2D eigenvalue weighted by Gasteiger charge is 2.17. The number of morpholine rings is 1. The summed E-state index contributed by atoms with van der Waals surface area (Å²) in [4.78, 5) is 7.04. The predicted octanol–water partition coefficient (Wildman–Crippen LogP) is 2.79. The van der Waals surface area contributed by atoms with E-state index in [-0.39, 0.29) is 0 Å². The first-order chi connectivity index (χ1) is 9.74. The smallest absolute Gasteiger partial charge is 0.226 e. The summed E-state index contributed by atoms with van der Waals surface area (Å²) in [7, 11) is 0. The van der Waals surface area contributed by atoms with Crippen molar-refractivity contribution in [3.63, 3.8) is 0 Å². The third-order valence-electron chi connectivity index (χ3n) is 3.75. The Labute approximate surface area is 119 Å². The summed E-state index contributed by atoms with van der Waals surface area (Å²) in [5.74, 6) is 1.64. The maximum absolute atomic E-state index is 5.85. The lowest BCUT2D eigenvalue weighted by Crippen LogP contribution is -2.35. The average Bonchev–Trinajstić information content (AvgIpc) is 2.81. The Morgan fingerprint density at radius 3 is 2.65 bits per heavy atom. The minimum Gasteiger partial charge on any atom is -0.441 e. The number of nitrogens with zero attached hydrogens (tertiary/aromatic N) is 2. The van der Waals surface area contributed by atoms with E-state index < -0.39 is 0 Å². The minimum absolute atomic E-state index is 0.726. The lowest BCUT2D eigenvalue weighted by atomic mass is 10.1. The summed E-state index contributed by atoms with van der Waals surface area (Å²) in [6, 6.07) is 8.18. The molecule has 1 aromatic heterocycles. The molecule has 1 aromatic carbocycles. The average molecular weight is 272 g/mol. The van der Waals surface area contributed by atoms with Crippen LogP contribution in [0.3, 0.4) is 0 Å². The van der Waals surface area contributed by atoms with Gasteiger partial charge in [0.25, 0.3) is 0 Å². The molecule has 0 radical (unpaired) electrons. The number of rotatable bonds is 3. The number of ether oxygens (including phenoxy) is 1. The van der Waals surface area contributed by atoms with Crippen molar-refractivity contribution in [2.24, 2.45) is 0 Å². The van der Waals surface area contributed by atoms with Gasteiger partial charge in [-0.3, -0.25) is 4.90 Å². The van der Waals surface area contributed by atoms with E-state index in [9.17, 15) is 0 Å². The highest BCUT2D eigenvalue weighted by atomic mass is 16.5. The maximum Gasteiger partial charge on any atom is 0.226 e. The number of hydrogen-bond donors (Lipinski definition) is 0. The molecule has 1 aliphatic heterocycles. The molecule has 4 heteroatoms. The van der Waals surface area contributed by atoms with Crippen LogP contribution in [0.4, 0.5) is 0 Å². The molecule has 0 atom stereocenters. The van der Waals surface area contributed by atoms with Crippen molar-refractivity contribution in [1.29, 1.82) is 0 Å². The van der Waals surface area contributed by atoms with Crippen LogP contribution in [0.2, 0.25) is 0 Å². The van der Waals surface area contributed by atoms with E-state index in [0.29, 0.717) is 0 Å². The van der Waals surface area contributed by atoms with Crippen LogP contribution in [0.25, 0.3) is 11.5 Å². The zero-order chi connectivity index (χ0) is 13.9. The van der Waals surface area contributed by atoms with E-state index in [1.54, 1.807) is 0 Å². The summed E-state index contributed by atoms with van der Waals surface area (Å²) in [5.41, 5.74) is 3.29. The van der Waals surface area contributed by atoms with Gasteiger partial charge >= 0.3 is 0 Å². The van der Waals surface area contributed by atoms with Crippen LogP contribution in [-0.2, 0) is 11.3 Å². The SMILES string of the molecule is Cc1ccccc1-c1nc(CN2CCOCC2)c(C)o1. The van der Waals surface area contributed by atoms with E-state index in [4.69, 9.17) is 9.15 Å². The number of oxazole rings is 1. The molecular formula is C16H20N2O2. The predicted molar refractivity (Wildman–Crippen MR) is 77.5 cm³/mol. The first-order valence-electron chi connectivity index (χ1n) is 7.06. The normalized spacial score (nSPS) is 16.5. The van der Waals surface area contributed by atoms with E-state index in [1.807, 2.05) is 19.1 Å². The molecule has 0 aliphatic carbocycles. The van der Waals surface area contributed by atoms with Gasteiger partial charge < -0.3 is 9.15 Å². The number of aryl methyl sites for hydroxylation is 2. The summed E-state index contributed by atoms with van der Waals surface area (Å²) in [6.45, 7) is 8.45. The molecule has 1 fully saturated rings. The van der Waals surface area contributed by atoms with Crippen molar-refractivity contribution in [1.82, 2.24) is 9.88 Å². The standard InChI is InChI=1S/C16H20N2O2/c1-12-5-3-4-6-14(12)16-17-15(13(2)20-16)11-18-7-9-19-10-8-18/h3-6H,7-11H2,1-2H3. The lowest BCUT2D eigenvalue weighted by molar-refractivity contribution is 0.0335. The van der Waals surface area contributed by atoms with Gasteiger partial charge in [0.2, 0.25) is 5.89 Å². The zero-order valence-electron chi connectivity index (χ0n) is 12.1. The number of hydrogen-bond acceptors (Lipinski definition) is 4. The molecule has 1 saturated heterocycles. The molecular weight excluding hydrogens is 252 g/mol. The van der Waals surface area contributed by atoms with Gasteiger partial charge in [0.15, 0.2) is 0 Å². The maximum atomic E-state index is 5.85. The second-order valence-corrected chi connectivity index (χ2v) is 5.23. The Bertz CT molecular complexity index is 586. The highest BCUT2D eigenvalue weighted by molar-refractivity contribution is 5.58. The van der Waals surface area contributed by atoms with E-state index in [1.165, 1.54) is 5.56 Å². The molecule has 0 bridgehead atoms. The van der Waals surface area contributed by atoms with Crippen LogP contribution in [0.5, 0.6) is 0 Å². The molecule has 106 valence electrons. The van der Waals surface area contributed by atoms with Crippen LogP contribution in [-0.4, -0.2) is 36.2 Å². The largest absolute Gasteiger partial charge is 0.441 e. The molecule has 3 rings (SSSR count). The molecule has 2 heterocycles. The molecule has 0 amide bonds. The molecule has 4 nitrogen and oxygen atoms in total. The van der Waals surface area contributed by atoms with Crippen molar-refractivity contribution in [3.05, 3.63) is 41.3 Å². The fraction of sp³-hybridized carbons (Fsp3) is 0.438. The second-order valence-electron chi connectivity index (χ2n) is 5.23. The monoisotopic (exact) mass is 272 g/mol. The third kappa shape index (κ3) is 2.76. The van der Waals surface area contributed by atoms with E-state index in [0.717, 1.165) is 55.8 Å². The third-order valence-corrected chi connectivity index (χ3v) is 3.75. The van der Waals surface area contributed by atoms with Gasteiger partial charge in [-0.1, -0.05) is 18.2 Å². The van der Waals surface area contributed by atoms with Crippen LogP contribution >= 0.6 is 0 Å². The van der Waals surface area contributed by atoms with Crippen molar-refractivity contribution >= 4 is 0 Å². The molecule has 0 unspecified atom stereocenters. The first kappa shape index (κ1) is 13.3. The second kappa shape index (κ2) is 5.77. The minimum atomic E-state index is 0.726. The van der Waals surface area contributed by atoms with Gasteiger partial charge in [-0.05, 0) is 25.5 Å².